The molecule has 3 nitrogen and oxygen atoms in total. The predicted molar refractivity (Wildman–Crippen MR) is 242 cm³/mol. The zero-order valence-electron chi connectivity index (χ0n) is 32.2. The van der Waals surface area contributed by atoms with Crippen LogP contribution >= 0.6 is 0 Å². The van der Waals surface area contributed by atoms with Crippen LogP contribution in [0.25, 0.3) is 88.0 Å². The molecule has 0 N–H and O–H groups in total. The average molecular weight is 744 g/mol. The zero-order valence-corrected chi connectivity index (χ0v) is 32.2. The maximum Gasteiger partial charge on any atom is 0.136 e. The van der Waals surface area contributed by atoms with E-state index in [1.165, 1.54) is 33.0 Å². The first-order valence-electron chi connectivity index (χ1n) is 20.0. The molecule has 2 aromatic heterocycles. The van der Waals surface area contributed by atoms with Crippen LogP contribution in [0.4, 0.5) is 17.1 Å². The van der Waals surface area contributed by atoms with Crippen molar-refractivity contribution < 1.29 is 8.83 Å². The van der Waals surface area contributed by atoms with Crippen molar-refractivity contribution in [2.45, 2.75) is 19.3 Å². The molecule has 0 radical (unpaired) electrons. The van der Waals surface area contributed by atoms with E-state index >= 15 is 0 Å². The van der Waals surface area contributed by atoms with Crippen LogP contribution in [0, 0.1) is 0 Å². The quantitative estimate of drug-likeness (QED) is 0.176. The van der Waals surface area contributed by atoms with Crippen molar-refractivity contribution in [2.75, 3.05) is 4.90 Å². The Morgan fingerprint density at radius 3 is 1.88 bits per heavy atom. The molecule has 11 aromatic rings. The third kappa shape index (κ3) is 4.80. The molecule has 0 bridgehead atoms. The lowest BCUT2D eigenvalue weighted by molar-refractivity contribution is 0.660. The highest BCUT2D eigenvalue weighted by molar-refractivity contribution is 6.17. The van der Waals surface area contributed by atoms with Crippen LogP contribution in [0.3, 0.4) is 0 Å². The number of fused-ring (bicyclic) bond motifs is 10. The average Bonchev–Trinajstić information content (AvgIpc) is 3.90. The van der Waals surface area contributed by atoms with Gasteiger partial charge in [0.15, 0.2) is 0 Å². The fraction of sp³-hybridized carbons (Fsp3) is 0.0545. The van der Waals surface area contributed by atoms with E-state index in [9.17, 15) is 0 Å². The summed E-state index contributed by atoms with van der Waals surface area (Å²) in [6, 6.07) is 67.8. The summed E-state index contributed by atoms with van der Waals surface area (Å²) < 4.78 is 12.9. The van der Waals surface area contributed by atoms with Gasteiger partial charge in [0.05, 0.1) is 11.4 Å². The first-order valence-corrected chi connectivity index (χ1v) is 20.0. The molecule has 58 heavy (non-hydrogen) atoms. The molecule has 0 unspecified atom stereocenters. The third-order valence-corrected chi connectivity index (χ3v) is 12.5. The molecule has 2 heterocycles. The van der Waals surface area contributed by atoms with Gasteiger partial charge in [-0.05, 0) is 105 Å². The smallest absolute Gasteiger partial charge is 0.136 e. The van der Waals surface area contributed by atoms with Crippen molar-refractivity contribution >= 4 is 71.7 Å². The standard InChI is InChI=1S/C55H37NO2/c1-55(2)45-19-8-5-17-43(45)54-46(55)20-12-22-48(54)56(38-28-25-34(26-29-38)37-27-30-41-40-16-7-10-23-49(40)57-51(41)33-37)47-21-9-6-15-39(47)42-18-11-24-50-53(42)44-31-35-13-3-4-14-36(35)32-52(44)58-50/h3-33H,1-2H3. The van der Waals surface area contributed by atoms with E-state index in [1.54, 1.807) is 0 Å². The van der Waals surface area contributed by atoms with Crippen molar-refractivity contribution in [3.05, 3.63) is 199 Å². The molecular weight excluding hydrogens is 707 g/mol. The highest BCUT2D eigenvalue weighted by Gasteiger charge is 2.38. The van der Waals surface area contributed by atoms with E-state index in [-0.39, 0.29) is 5.41 Å². The van der Waals surface area contributed by atoms with Crippen LogP contribution in [-0.4, -0.2) is 0 Å². The van der Waals surface area contributed by atoms with Gasteiger partial charge in [-0.1, -0.05) is 141 Å². The maximum absolute atomic E-state index is 6.59. The van der Waals surface area contributed by atoms with Gasteiger partial charge >= 0.3 is 0 Å². The number of hydrogen-bond donors (Lipinski definition) is 0. The minimum atomic E-state index is -0.143. The molecule has 0 amide bonds. The van der Waals surface area contributed by atoms with E-state index in [2.05, 4.69) is 195 Å². The summed E-state index contributed by atoms with van der Waals surface area (Å²) in [5, 5.41) is 6.88. The third-order valence-electron chi connectivity index (χ3n) is 12.5. The summed E-state index contributed by atoms with van der Waals surface area (Å²) >= 11 is 0. The van der Waals surface area contributed by atoms with Crippen LogP contribution in [0.1, 0.15) is 25.0 Å². The Morgan fingerprint density at radius 2 is 1.00 bits per heavy atom. The van der Waals surface area contributed by atoms with Crippen molar-refractivity contribution in [2.24, 2.45) is 0 Å². The zero-order chi connectivity index (χ0) is 38.5. The lowest BCUT2D eigenvalue weighted by atomic mass is 9.82. The monoisotopic (exact) mass is 743 g/mol. The molecule has 0 atom stereocenters. The largest absolute Gasteiger partial charge is 0.456 e. The minimum Gasteiger partial charge on any atom is -0.456 e. The molecule has 9 aromatic carbocycles. The van der Waals surface area contributed by atoms with E-state index in [0.29, 0.717) is 0 Å². The topological polar surface area (TPSA) is 29.5 Å². The second-order valence-corrected chi connectivity index (χ2v) is 16.1. The summed E-state index contributed by atoms with van der Waals surface area (Å²) in [5.41, 5.74) is 16.5. The lowest BCUT2D eigenvalue weighted by Crippen LogP contribution is -2.16. The van der Waals surface area contributed by atoms with Gasteiger partial charge < -0.3 is 13.7 Å². The van der Waals surface area contributed by atoms with E-state index in [4.69, 9.17) is 8.83 Å². The molecule has 0 saturated carbocycles. The number of rotatable bonds is 5. The van der Waals surface area contributed by atoms with Crippen molar-refractivity contribution in [3.63, 3.8) is 0 Å². The Labute approximate surface area is 336 Å². The molecule has 3 heteroatoms. The van der Waals surface area contributed by atoms with Gasteiger partial charge in [0.25, 0.3) is 0 Å². The normalized spacial score (nSPS) is 13.1. The van der Waals surface area contributed by atoms with Crippen LogP contribution in [-0.2, 0) is 5.41 Å². The Hall–Kier alpha value is -7.36. The van der Waals surface area contributed by atoms with Gasteiger partial charge in [0.2, 0.25) is 0 Å². The number of benzene rings is 9. The number of hydrogen-bond acceptors (Lipinski definition) is 3. The van der Waals surface area contributed by atoms with Crippen molar-refractivity contribution in [1.82, 2.24) is 0 Å². The molecule has 274 valence electrons. The molecular formula is C55H37NO2. The van der Waals surface area contributed by atoms with Crippen molar-refractivity contribution in [1.29, 1.82) is 0 Å². The molecule has 0 saturated heterocycles. The van der Waals surface area contributed by atoms with E-state index in [0.717, 1.165) is 83.2 Å². The van der Waals surface area contributed by atoms with Crippen LogP contribution in [0.15, 0.2) is 197 Å². The first-order chi connectivity index (χ1) is 28.5. The second kappa shape index (κ2) is 12.3. The summed E-state index contributed by atoms with van der Waals surface area (Å²) in [6.45, 7) is 4.70. The van der Waals surface area contributed by atoms with E-state index in [1.807, 2.05) is 12.1 Å². The number of furan rings is 2. The van der Waals surface area contributed by atoms with Gasteiger partial charge in [0, 0.05) is 43.8 Å². The van der Waals surface area contributed by atoms with Crippen LogP contribution in [0.5, 0.6) is 0 Å². The second-order valence-electron chi connectivity index (χ2n) is 16.1. The Balaban J connectivity index is 1.08. The lowest BCUT2D eigenvalue weighted by Gasteiger charge is -2.30. The highest BCUT2D eigenvalue weighted by Crippen LogP contribution is 2.55. The Kier molecular flexibility index (Phi) is 6.98. The molecule has 0 fully saturated rings. The summed E-state index contributed by atoms with van der Waals surface area (Å²) in [5.74, 6) is 0. The molecule has 0 aliphatic heterocycles. The highest BCUT2D eigenvalue weighted by atomic mass is 16.3. The Bertz CT molecular complexity index is 3440. The summed E-state index contributed by atoms with van der Waals surface area (Å²) in [7, 11) is 0. The van der Waals surface area contributed by atoms with Gasteiger partial charge in [-0.2, -0.15) is 0 Å². The number of para-hydroxylation sites is 2. The number of anilines is 3. The Morgan fingerprint density at radius 1 is 0.397 bits per heavy atom. The van der Waals surface area contributed by atoms with Gasteiger partial charge in [-0.3, -0.25) is 0 Å². The van der Waals surface area contributed by atoms with Gasteiger partial charge in [0.1, 0.15) is 22.3 Å². The molecule has 1 aliphatic rings. The minimum absolute atomic E-state index is 0.143. The maximum atomic E-state index is 6.59. The summed E-state index contributed by atoms with van der Waals surface area (Å²) in [6.07, 6.45) is 0. The van der Waals surface area contributed by atoms with Crippen LogP contribution in [0.2, 0.25) is 0 Å². The molecule has 0 spiro atoms. The predicted octanol–water partition coefficient (Wildman–Crippen LogP) is 15.7. The fourth-order valence-corrected chi connectivity index (χ4v) is 9.67. The van der Waals surface area contributed by atoms with Crippen LogP contribution < -0.4 is 4.90 Å². The van der Waals surface area contributed by atoms with E-state index < -0.39 is 0 Å². The SMILES string of the molecule is CC1(C)c2ccccc2-c2c(N(c3ccc(-c4ccc5c(c4)oc4ccccc45)cc3)c3ccccc3-c3cccc4oc5cc6ccccc6cc5c34)cccc21. The first kappa shape index (κ1) is 32.8. The van der Waals surface area contributed by atoms with Crippen molar-refractivity contribution in [3.8, 4) is 33.4 Å². The molecule has 12 rings (SSSR count). The number of nitrogens with zero attached hydrogens (tertiary/aromatic N) is 1. The fourth-order valence-electron chi connectivity index (χ4n) is 9.67. The van der Waals surface area contributed by atoms with Gasteiger partial charge in [-0.15, -0.1) is 0 Å². The van der Waals surface area contributed by atoms with Gasteiger partial charge in [-0.25, -0.2) is 0 Å². The summed E-state index contributed by atoms with van der Waals surface area (Å²) in [4.78, 5) is 2.47. The molecule has 1 aliphatic carbocycles.